The van der Waals surface area contributed by atoms with Crippen molar-refractivity contribution in [3.05, 3.63) is 11.5 Å². The van der Waals surface area contributed by atoms with Crippen LogP contribution in [0.1, 0.15) is 20.8 Å². The molecule has 0 radical (unpaired) electrons. The Labute approximate surface area is 80.9 Å². The van der Waals surface area contributed by atoms with Crippen molar-refractivity contribution in [2.24, 2.45) is 5.41 Å². The maximum absolute atomic E-state index is 11.6. The van der Waals surface area contributed by atoms with Gasteiger partial charge in [0.15, 0.2) is 11.9 Å². The highest BCUT2D eigenvalue weighted by Gasteiger charge is 2.62. The summed E-state index contributed by atoms with van der Waals surface area (Å²) in [4.78, 5) is 23.6. The molecule has 2 aliphatic rings. The second kappa shape index (κ2) is 2.29. The van der Waals surface area contributed by atoms with Crippen LogP contribution >= 0.6 is 0 Å². The zero-order valence-electron chi connectivity index (χ0n) is 8.20. The van der Waals surface area contributed by atoms with E-state index in [9.17, 15) is 9.59 Å². The molecule has 5 nitrogen and oxygen atoms in total. The number of nitrogens with zero attached hydrogens (tertiary/aromatic N) is 1. The Bertz CT molecular complexity index is 369. The van der Waals surface area contributed by atoms with E-state index in [-0.39, 0.29) is 11.6 Å². The Hall–Kier alpha value is -1.52. The summed E-state index contributed by atoms with van der Waals surface area (Å²) in [7, 11) is 0. The van der Waals surface area contributed by atoms with Crippen molar-refractivity contribution in [1.29, 1.82) is 0 Å². The number of amides is 1. The molecule has 5 heteroatoms. The Morgan fingerprint density at radius 3 is 2.64 bits per heavy atom. The summed E-state index contributed by atoms with van der Waals surface area (Å²) in [6.45, 7) is 5.05. The first kappa shape index (κ1) is 9.05. The number of hydrogen-bond acceptors (Lipinski definition) is 3. The van der Waals surface area contributed by atoms with Gasteiger partial charge in [0.25, 0.3) is 0 Å². The molecule has 0 bridgehead atoms. The van der Waals surface area contributed by atoms with Crippen LogP contribution in [0.5, 0.6) is 0 Å². The Kier molecular flexibility index (Phi) is 1.48. The maximum atomic E-state index is 11.6. The van der Waals surface area contributed by atoms with E-state index in [2.05, 4.69) is 0 Å². The van der Waals surface area contributed by atoms with E-state index in [1.165, 1.54) is 4.90 Å². The van der Waals surface area contributed by atoms with Gasteiger partial charge in [-0.25, -0.2) is 4.79 Å². The van der Waals surface area contributed by atoms with Crippen molar-refractivity contribution in [3.8, 4) is 0 Å². The van der Waals surface area contributed by atoms with Crippen molar-refractivity contribution < 1.29 is 19.4 Å². The summed E-state index contributed by atoms with van der Waals surface area (Å²) < 4.78 is 5.32. The average Bonchev–Trinajstić information content (AvgIpc) is 2.40. The number of carbonyl (C=O) groups is 2. The summed E-state index contributed by atoms with van der Waals surface area (Å²) in [5.74, 6) is -1.01. The van der Waals surface area contributed by atoms with E-state index >= 15 is 0 Å². The molecule has 0 aromatic carbocycles. The molecule has 0 saturated carbocycles. The summed E-state index contributed by atoms with van der Waals surface area (Å²) in [6.07, 6.45) is -0.443. The van der Waals surface area contributed by atoms with Gasteiger partial charge in [0.05, 0.1) is 0 Å². The predicted octanol–water partition coefficient (Wildman–Crippen LogP) is 0.527. The lowest BCUT2D eigenvalue weighted by Crippen LogP contribution is -2.64. The molecule has 0 aromatic rings. The molecule has 2 rings (SSSR count). The van der Waals surface area contributed by atoms with E-state index in [4.69, 9.17) is 9.84 Å². The minimum atomic E-state index is -1.12. The third kappa shape index (κ3) is 0.792. The molecule has 14 heavy (non-hydrogen) atoms. The maximum Gasteiger partial charge on any atom is 0.356 e. The highest BCUT2D eigenvalue weighted by molar-refractivity contribution is 5.99. The molecule has 0 aromatic heterocycles. The van der Waals surface area contributed by atoms with Crippen LogP contribution in [0.25, 0.3) is 0 Å². The number of fused-ring (bicyclic) bond motifs is 1. The third-order valence-electron chi connectivity index (χ3n) is 2.69. The van der Waals surface area contributed by atoms with E-state index in [0.717, 1.165) is 0 Å². The highest BCUT2D eigenvalue weighted by atomic mass is 16.5. The van der Waals surface area contributed by atoms with Gasteiger partial charge in [-0.05, 0) is 20.8 Å². The quantitative estimate of drug-likeness (QED) is 0.622. The third-order valence-corrected chi connectivity index (χ3v) is 2.69. The number of aliphatic carboxylic acids is 1. The normalized spacial score (nSPS) is 28.4. The van der Waals surface area contributed by atoms with Crippen LogP contribution in [0.2, 0.25) is 0 Å². The Morgan fingerprint density at radius 2 is 2.14 bits per heavy atom. The molecule has 1 saturated heterocycles. The van der Waals surface area contributed by atoms with Crippen LogP contribution in [-0.4, -0.2) is 28.1 Å². The predicted molar refractivity (Wildman–Crippen MR) is 45.8 cm³/mol. The molecule has 0 aliphatic carbocycles. The van der Waals surface area contributed by atoms with Crippen molar-refractivity contribution in [2.75, 3.05) is 0 Å². The van der Waals surface area contributed by atoms with Crippen LogP contribution in [0, 0.1) is 5.41 Å². The lowest BCUT2D eigenvalue weighted by atomic mass is 9.80. The lowest BCUT2D eigenvalue weighted by Gasteiger charge is -2.47. The van der Waals surface area contributed by atoms with Gasteiger partial charge in [-0.1, -0.05) is 0 Å². The van der Waals surface area contributed by atoms with Crippen LogP contribution < -0.4 is 0 Å². The van der Waals surface area contributed by atoms with Gasteiger partial charge in [0.1, 0.15) is 11.2 Å². The molecule has 0 spiro atoms. The standard InChI is InChI=1S/C9H11NO4/c1-4-5(6(11)12)10-7(13)9(2,3)8(10)14-4/h8H,1-3H3,(H,11,12). The fraction of sp³-hybridized carbons (Fsp3) is 0.556. The van der Waals surface area contributed by atoms with Crippen LogP contribution in [-0.2, 0) is 14.3 Å². The van der Waals surface area contributed by atoms with Crippen LogP contribution in [0.15, 0.2) is 11.5 Å². The minimum absolute atomic E-state index is 0.0284. The van der Waals surface area contributed by atoms with E-state index in [1.54, 1.807) is 20.8 Å². The number of hydrogen-bond donors (Lipinski definition) is 1. The van der Waals surface area contributed by atoms with Crippen molar-refractivity contribution in [2.45, 2.75) is 27.0 Å². The molecule has 1 amide bonds. The first-order chi connectivity index (χ1) is 6.37. The van der Waals surface area contributed by atoms with Crippen molar-refractivity contribution in [1.82, 2.24) is 4.90 Å². The molecule has 1 N–H and O–H groups in total. The molecule has 1 atom stereocenters. The van der Waals surface area contributed by atoms with Crippen LogP contribution in [0.4, 0.5) is 0 Å². The minimum Gasteiger partial charge on any atom is -0.476 e. The lowest BCUT2D eigenvalue weighted by molar-refractivity contribution is -0.188. The SMILES string of the molecule is CC1=C(C(=O)O)N2C(=O)C(C)(C)C2O1. The fourth-order valence-corrected chi connectivity index (χ4v) is 1.84. The monoisotopic (exact) mass is 197 g/mol. The molecular formula is C9H11NO4. The Morgan fingerprint density at radius 1 is 1.57 bits per heavy atom. The first-order valence-electron chi connectivity index (χ1n) is 4.32. The van der Waals surface area contributed by atoms with E-state index < -0.39 is 17.6 Å². The van der Waals surface area contributed by atoms with Crippen molar-refractivity contribution >= 4 is 11.9 Å². The average molecular weight is 197 g/mol. The largest absolute Gasteiger partial charge is 0.476 e. The second-order valence-corrected chi connectivity index (χ2v) is 4.08. The highest BCUT2D eigenvalue weighted by Crippen LogP contribution is 2.47. The zero-order chi connectivity index (χ0) is 10.7. The number of rotatable bonds is 1. The van der Waals surface area contributed by atoms with Crippen LogP contribution in [0.3, 0.4) is 0 Å². The molecule has 1 unspecified atom stereocenters. The topological polar surface area (TPSA) is 66.8 Å². The van der Waals surface area contributed by atoms with E-state index in [0.29, 0.717) is 5.76 Å². The van der Waals surface area contributed by atoms with E-state index in [1.807, 2.05) is 0 Å². The molecule has 2 heterocycles. The van der Waals surface area contributed by atoms with Gasteiger partial charge in [0.2, 0.25) is 5.91 Å². The number of carboxylic acid groups (broad SMARTS) is 1. The number of ether oxygens (including phenoxy) is 1. The Balaban J connectivity index is 2.37. The van der Waals surface area contributed by atoms with Gasteiger partial charge in [0, 0.05) is 0 Å². The summed E-state index contributed by atoms with van der Waals surface area (Å²) in [5, 5.41) is 8.86. The summed E-state index contributed by atoms with van der Waals surface area (Å²) >= 11 is 0. The zero-order valence-corrected chi connectivity index (χ0v) is 8.20. The van der Waals surface area contributed by atoms with Gasteiger partial charge < -0.3 is 9.84 Å². The van der Waals surface area contributed by atoms with Gasteiger partial charge >= 0.3 is 5.97 Å². The van der Waals surface area contributed by atoms with Crippen molar-refractivity contribution in [3.63, 3.8) is 0 Å². The van der Waals surface area contributed by atoms with Gasteiger partial charge in [-0.2, -0.15) is 0 Å². The summed E-state index contributed by atoms with van der Waals surface area (Å²) in [5.41, 5.74) is -0.641. The molecule has 1 fully saturated rings. The fourth-order valence-electron chi connectivity index (χ4n) is 1.84. The molecule has 2 aliphatic heterocycles. The summed E-state index contributed by atoms with van der Waals surface area (Å²) in [6, 6.07) is 0. The van der Waals surface area contributed by atoms with Gasteiger partial charge in [-0.15, -0.1) is 0 Å². The second-order valence-electron chi connectivity index (χ2n) is 4.08. The molecular weight excluding hydrogens is 186 g/mol. The first-order valence-corrected chi connectivity index (χ1v) is 4.32. The molecule has 76 valence electrons. The smallest absolute Gasteiger partial charge is 0.356 e. The number of carbonyl (C=O) groups excluding carboxylic acids is 1. The number of carboxylic acids is 1. The van der Waals surface area contributed by atoms with Gasteiger partial charge in [-0.3, -0.25) is 9.69 Å². The number of β-lactam (4-membered cyclic amide) rings is 1. The number of allylic oxidation sites excluding steroid dienone is 1.